The second-order valence-corrected chi connectivity index (χ2v) is 7.81. The van der Waals surface area contributed by atoms with E-state index in [9.17, 15) is 9.59 Å². The Kier molecular flexibility index (Phi) is 5.13. The fraction of sp³-hybridized carbons (Fsp3) is 0.409. The van der Waals surface area contributed by atoms with E-state index in [1.165, 1.54) is 0 Å². The maximum atomic E-state index is 13.0. The Bertz CT molecular complexity index is 1080. The molecule has 4 rings (SSSR count). The predicted octanol–water partition coefficient (Wildman–Crippen LogP) is 3.24. The zero-order valence-corrected chi connectivity index (χ0v) is 16.8. The summed E-state index contributed by atoms with van der Waals surface area (Å²) in [6.45, 7) is 5.99. The first kappa shape index (κ1) is 19.2. The van der Waals surface area contributed by atoms with Crippen LogP contribution in [0.25, 0.3) is 11.0 Å². The number of hydrogen-bond acceptors (Lipinski definition) is 4. The molecule has 3 heterocycles. The number of amides is 1. The van der Waals surface area contributed by atoms with Crippen molar-refractivity contribution in [3.05, 3.63) is 52.5 Å². The van der Waals surface area contributed by atoms with Gasteiger partial charge in [0.15, 0.2) is 0 Å². The number of fused-ring (bicyclic) bond motifs is 2. The van der Waals surface area contributed by atoms with Crippen LogP contribution in [0.3, 0.4) is 0 Å². The van der Waals surface area contributed by atoms with Crippen molar-refractivity contribution in [3.63, 3.8) is 0 Å². The van der Waals surface area contributed by atoms with Crippen molar-refractivity contribution in [1.82, 2.24) is 14.7 Å². The molecular formula is C22H25N3O4. The number of aliphatic carboxylic acids is 1. The van der Waals surface area contributed by atoms with Gasteiger partial charge in [-0.3, -0.25) is 14.3 Å². The summed E-state index contributed by atoms with van der Waals surface area (Å²) in [4.78, 5) is 25.7. The number of rotatable bonds is 5. The lowest BCUT2D eigenvalue weighted by atomic mass is 10.0. The van der Waals surface area contributed by atoms with Crippen molar-refractivity contribution in [1.29, 1.82) is 0 Å². The molecular weight excluding hydrogens is 370 g/mol. The first-order valence-corrected chi connectivity index (χ1v) is 9.93. The van der Waals surface area contributed by atoms with Crippen LogP contribution in [0.4, 0.5) is 0 Å². The fourth-order valence-electron chi connectivity index (χ4n) is 4.12. The van der Waals surface area contributed by atoms with Gasteiger partial charge in [-0.25, -0.2) is 0 Å². The van der Waals surface area contributed by atoms with Crippen LogP contribution in [0.1, 0.15) is 40.9 Å². The van der Waals surface area contributed by atoms with Crippen molar-refractivity contribution in [2.24, 2.45) is 0 Å². The summed E-state index contributed by atoms with van der Waals surface area (Å²) in [6.07, 6.45) is 3.29. The lowest BCUT2D eigenvalue weighted by Crippen LogP contribution is -2.32. The molecule has 0 saturated heterocycles. The van der Waals surface area contributed by atoms with Crippen LogP contribution in [0.15, 0.2) is 28.9 Å². The fourth-order valence-corrected chi connectivity index (χ4v) is 4.12. The van der Waals surface area contributed by atoms with Crippen molar-refractivity contribution in [3.8, 4) is 0 Å². The number of carbonyl (C=O) groups is 2. The summed E-state index contributed by atoms with van der Waals surface area (Å²) in [5.41, 5.74) is 5.73. The normalized spacial score (nSPS) is 14.1. The number of carbonyl (C=O) groups excluding carboxylic acids is 1. The van der Waals surface area contributed by atoms with Gasteiger partial charge < -0.3 is 14.4 Å². The van der Waals surface area contributed by atoms with Crippen LogP contribution in [0, 0.1) is 13.8 Å². The number of carboxylic acid groups (broad SMARTS) is 1. The molecule has 0 radical (unpaired) electrons. The summed E-state index contributed by atoms with van der Waals surface area (Å²) in [5, 5.41) is 14.4. The van der Waals surface area contributed by atoms with Crippen LogP contribution < -0.4 is 0 Å². The number of aromatic nitrogens is 2. The number of hydrogen-bond donors (Lipinski definition) is 1. The highest BCUT2D eigenvalue weighted by Gasteiger charge is 2.22. The first-order valence-electron chi connectivity index (χ1n) is 9.93. The van der Waals surface area contributed by atoms with E-state index in [0.717, 1.165) is 52.0 Å². The summed E-state index contributed by atoms with van der Waals surface area (Å²) in [7, 11) is 0. The number of benzene rings is 1. The molecule has 7 heteroatoms. The van der Waals surface area contributed by atoms with Gasteiger partial charge in [-0.15, -0.1) is 0 Å². The average molecular weight is 395 g/mol. The van der Waals surface area contributed by atoms with E-state index in [-0.39, 0.29) is 12.3 Å². The lowest BCUT2D eigenvalue weighted by Gasteiger charge is -2.20. The van der Waals surface area contributed by atoms with Gasteiger partial charge in [0.05, 0.1) is 37.0 Å². The van der Waals surface area contributed by atoms with Crippen LogP contribution in [0.5, 0.6) is 0 Å². The van der Waals surface area contributed by atoms with E-state index < -0.39 is 5.97 Å². The highest BCUT2D eigenvalue weighted by Crippen LogP contribution is 2.27. The van der Waals surface area contributed by atoms with Crippen LogP contribution in [-0.2, 0) is 35.5 Å². The van der Waals surface area contributed by atoms with Crippen molar-refractivity contribution < 1.29 is 19.1 Å². The zero-order valence-electron chi connectivity index (χ0n) is 16.8. The number of furan rings is 1. The van der Waals surface area contributed by atoms with E-state index in [2.05, 4.69) is 11.2 Å². The molecule has 1 amide bonds. The molecule has 0 bridgehead atoms. The van der Waals surface area contributed by atoms with Gasteiger partial charge in [-0.05, 0) is 43.5 Å². The highest BCUT2D eigenvalue weighted by atomic mass is 16.4. The molecule has 0 unspecified atom stereocenters. The second kappa shape index (κ2) is 7.73. The Morgan fingerprint density at radius 1 is 1.21 bits per heavy atom. The molecule has 1 aliphatic heterocycles. The third kappa shape index (κ3) is 4.04. The van der Waals surface area contributed by atoms with Crippen LogP contribution >= 0.6 is 0 Å². The van der Waals surface area contributed by atoms with E-state index >= 15 is 0 Å². The third-order valence-electron chi connectivity index (χ3n) is 5.45. The topological polar surface area (TPSA) is 88.6 Å². The molecule has 29 heavy (non-hydrogen) atoms. The third-order valence-corrected chi connectivity index (χ3v) is 5.45. The molecule has 1 aliphatic rings. The number of nitrogens with zero attached hydrogens (tertiary/aromatic N) is 3. The zero-order chi connectivity index (χ0) is 20.5. The molecule has 0 fully saturated rings. The maximum Gasteiger partial charge on any atom is 0.303 e. The summed E-state index contributed by atoms with van der Waals surface area (Å²) in [5.74, 6) is -0.766. The minimum Gasteiger partial charge on any atom is -0.481 e. The number of aryl methyl sites for hydroxylation is 4. The Labute approximate surface area is 168 Å². The standard InChI is InChI=1S/C22H25N3O4/c1-14-8-15(2)22-16(13-29-19(22)9-14)10-20(26)24-6-3-7-25-18(12-24)11-17(23-25)4-5-21(27)28/h8-9,11,13H,3-7,10,12H2,1-2H3,(H,27,28). The van der Waals surface area contributed by atoms with Gasteiger partial charge in [-0.1, -0.05) is 6.07 Å². The van der Waals surface area contributed by atoms with Crippen molar-refractivity contribution >= 4 is 22.8 Å². The minimum atomic E-state index is -0.831. The molecule has 3 aromatic rings. The largest absolute Gasteiger partial charge is 0.481 e. The van der Waals surface area contributed by atoms with E-state index in [1.54, 1.807) is 6.26 Å². The quantitative estimate of drug-likeness (QED) is 0.716. The van der Waals surface area contributed by atoms with E-state index in [0.29, 0.717) is 25.9 Å². The Balaban J connectivity index is 1.50. The van der Waals surface area contributed by atoms with Crippen LogP contribution in [0.2, 0.25) is 0 Å². The molecule has 1 aromatic carbocycles. The molecule has 0 saturated carbocycles. The molecule has 152 valence electrons. The average Bonchev–Trinajstić information content (AvgIpc) is 3.17. The van der Waals surface area contributed by atoms with Gasteiger partial charge in [0, 0.05) is 30.5 Å². The Morgan fingerprint density at radius 2 is 2.03 bits per heavy atom. The molecule has 2 aromatic heterocycles. The first-order chi connectivity index (χ1) is 13.9. The van der Waals surface area contributed by atoms with Gasteiger partial charge >= 0.3 is 5.97 Å². The SMILES string of the molecule is Cc1cc(C)c2c(CC(=O)N3CCCn4nc(CCC(=O)O)cc4C3)coc2c1. The summed E-state index contributed by atoms with van der Waals surface area (Å²) < 4.78 is 7.60. The number of carboxylic acids is 1. The Hall–Kier alpha value is -3.09. The van der Waals surface area contributed by atoms with E-state index in [1.807, 2.05) is 35.6 Å². The highest BCUT2D eigenvalue weighted by molar-refractivity contribution is 5.90. The second-order valence-electron chi connectivity index (χ2n) is 7.81. The summed E-state index contributed by atoms with van der Waals surface area (Å²) in [6, 6.07) is 6.03. The molecule has 1 N–H and O–H groups in total. The molecule has 0 atom stereocenters. The van der Waals surface area contributed by atoms with Gasteiger partial charge in [0.2, 0.25) is 5.91 Å². The monoisotopic (exact) mass is 395 g/mol. The lowest BCUT2D eigenvalue weighted by molar-refractivity contribution is -0.137. The van der Waals surface area contributed by atoms with Crippen LogP contribution in [-0.4, -0.2) is 38.2 Å². The van der Waals surface area contributed by atoms with Gasteiger partial charge in [0.25, 0.3) is 0 Å². The van der Waals surface area contributed by atoms with E-state index in [4.69, 9.17) is 9.52 Å². The molecule has 7 nitrogen and oxygen atoms in total. The minimum absolute atomic E-state index is 0.0610. The van der Waals surface area contributed by atoms with Crippen molar-refractivity contribution in [2.75, 3.05) is 6.54 Å². The Morgan fingerprint density at radius 3 is 2.83 bits per heavy atom. The van der Waals surface area contributed by atoms with Gasteiger partial charge in [-0.2, -0.15) is 5.10 Å². The molecule has 0 aliphatic carbocycles. The van der Waals surface area contributed by atoms with Gasteiger partial charge in [0.1, 0.15) is 5.58 Å². The summed E-state index contributed by atoms with van der Waals surface area (Å²) >= 11 is 0. The molecule has 0 spiro atoms. The van der Waals surface area contributed by atoms with Crippen molar-refractivity contribution in [2.45, 2.75) is 52.6 Å². The smallest absolute Gasteiger partial charge is 0.303 e. The maximum absolute atomic E-state index is 13.0. The predicted molar refractivity (Wildman–Crippen MR) is 108 cm³/mol.